The summed E-state index contributed by atoms with van der Waals surface area (Å²) < 4.78 is 15.6. The number of aromatic nitrogens is 3. The van der Waals surface area contributed by atoms with Gasteiger partial charge in [0, 0.05) is 44.9 Å². The number of nitrogens with zero attached hydrogens (tertiary/aromatic N) is 4. The predicted molar refractivity (Wildman–Crippen MR) is 90.8 cm³/mol. The van der Waals surface area contributed by atoms with E-state index in [0.29, 0.717) is 32.4 Å². The van der Waals surface area contributed by atoms with Crippen LogP contribution in [-0.4, -0.2) is 50.1 Å². The molecule has 4 heterocycles. The van der Waals surface area contributed by atoms with E-state index in [2.05, 4.69) is 15.4 Å². The van der Waals surface area contributed by atoms with Gasteiger partial charge in [-0.2, -0.15) is 5.10 Å². The molecule has 2 aromatic heterocycles. The number of rotatable bonds is 2. The molecule has 0 saturated carbocycles. The van der Waals surface area contributed by atoms with E-state index in [1.54, 1.807) is 15.8 Å². The average Bonchev–Trinajstić information content (AvgIpc) is 3.19. The Hall–Kier alpha value is -2.77. The summed E-state index contributed by atoms with van der Waals surface area (Å²) in [6, 6.07) is 1.40. The number of carbonyl (C=O) groups excluding carboxylic acids is 2. The summed E-state index contributed by atoms with van der Waals surface area (Å²) in [6.07, 6.45) is 7.91. The van der Waals surface area contributed by atoms with E-state index in [9.17, 15) is 14.0 Å². The van der Waals surface area contributed by atoms with Gasteiger partial charge < -0.3 is 10.2 Å². The number of pyridine rings is 1. The number of carbonyl (C=O) groups is 2. The lowest BCUT2D eigenvalue weighted by atomic mass is 9.75. The molecule has 1 N–H and O–H groups in total. The fourth-order valence-corrected chi connectivity index (χ4v) is 4.15. The zero-order chi connectivity index (χ0) is 18.3. The van der Waals surface area contributed by atoms with Gasteiger partial charge in [0.2, 0.25) is 5.91 Å². The van der Waals surface area contributed by atoms with Gasteiger partial charge in [0.15, 0.2) is 5.82 Å². The zero-order valence-corrected chi connectivity index (χ0v) is 14.5. The van der Waals surface area contributed by atoms with Crippen molar-refractivity contribution in [3.63, 3.8) is 0 Å². The minimum absolute atomic E-state index is 0.0267. The third-order valence-corrected chi connectivity index (χ3v) is 5.52. The highest BCUT2D eigenvalue weighted by Gasteiger charge is 2.49. The average molecular weight is 357 g/mol. The number of amides is 2. The van der Waals surface area contributed by atoms with Crippen LogP contribution in [0.5, 0.6) is 0 Å². The third kappa shape index (κ3) is 2.75. The highest BCUT2D eigenvalue weighted by atomic mass is 19.1. The highest BCUT2D eigenvalue weighted by Crippen LogP contribution is 2.43. The molecule has 2 aliphatic heterocycles. The first-order valence-corrected chi connectivity index (χ1v) is 8.67. The lowest BCUT2D eigenvalue weighted by Crippen LogP contribution is -2.54. The van der Waals surface area contributed by atoms with Crippen molar-refractivity contribution in [3.8, 4) is 0 Å². The maximum atomic E-state index is 13.9. The largest absolute Gasteiger partial charge is 0.350 e. The summed E-state index contributed by atoms with van der Waals surface area (Å²) in [5.41, 5.74) is 0.703. The molecule has 2 fully saturated rings. The Morgan fingerprint density at radius 2 is 2.12 bits per heavy atom. The summed E-state index contributed by atoms with van der Waals surface area (Å²) in [4.78, 5) is 30.0. The van der Waals surface area contributed by atoms with Crippen LogP contribution in [0.4, 0.5) is 4.39 Å². The molecule has 4 rings (SSSR count). The summed E-state index contributed by atoms with van der Waals surface area (Å²) in [7, 11) is 1.85. The van der Waals surface area contributed by atoms with Gasteiger partial charge in [0.1, 0.15) is 0 Å². The van der Waals surface area contributed by atoms with E-state index in [-0.39, 0.29) is 28.8 Å². The molecule has 136 valence electrons. The first-order chi connectivity index (χ1) is 12.5. The number of piperidine rings is 1. The van der Waals surface area contributed by atoms with Crippen LogP contribution >= 0.6 is 0 Å². The van der Waals surface area contributed by atoms with Gasteiger partial charge >= 0.3 is 0 Å². The van der Waals surface area contributed by atoms with Gasteiger partial charge in [-0.15, -0.1) is 0 Å². The second-order valence-electron chi connectivity index (χ2n) is 7.06. The van der Waals surface area contributed by atoms with Crippen molar-refractivity contribution in [2.45, 2.75) is 30.7 Å². The Labute approximate surface area is 150 Å². The monoisotopic (exact) mass is 357 g/mol. The smallest absolute Gasteiger partial charge is 0.256 e. The molecule has 7 nitrogen and oxygen atoms in total. The first kappa shape index (κ1) is 16.7. The van der Waals surface area contributed by atoms with Crippen LogP contribution in [0.15, 0.2) is 30.9 Å². The van der Waals surface area contributed by atoms with Crippen LogP contribution in [-0.2, 0) is 11.8 Å². The number of nitrogens with one attached hydrogen (secondary N) is 1. The molecule has 26 heavy (non-hydrogen) atoms. The van der Waals surface area contributed by atoms with Crippen LogP contribution < -0.4 is 5.32 Å². The molecule has 0 aromatic carbocycles. The van der Waals surface area contributed by atoms with E-state index in [0.717, 1.165) is 11.8 Å². The Balaban J connectivity index is 1.52. The van der Waals surface area contributed by atoms with Crippen molar-refractivity contribution in [2.24, 2.45) is 7.05 Å². The maximum absolute atomic E-state index is 13.9. The number of likely N-dealkylation sites (tertiary alicyclic amines) is 1. The molecule has 2 aromatic rings. The molecule has 8 heteroatoms. The van der Waals surface area contributed by atoms with E-state index < -0.39 is 5.82 Å². The van der Waals surface area contributed by atoms with E-state index in [4.69, 9.17) is 0 Å². The van der Waals surface area contributed by atoms with Crippen LogP contribution in [0.2, 0.25) is 0 Å². The van der Waals surface area contributed by atoms with E-state index >= 15 is 0 Å². The Morgan fingerprint density at radius 1 is 1.35 bits per heavy atom. The molecule has 2 amide bonds. The molecular formula is C18H20FN5O2. The van der Waals surface area contributed by atoms with Crippen LogP contribution in [0.25, 0.3) is 0 Å². The van der Waals surface area contributed by atoms with Gasteiger partial charge in [0.05, 0.1) is 23.5 Å². The fraction of sp³-hybridized carbons (Fsp3) is 0.444. The quantitative estimate of drug-likeness (QED) is 0.877. The number of aryl methyl sites for hydroxylation is 1. The Kier molecular flexibility index (Phi) is 3.97. The third-order valence-electron chi connectivity index (χ3n) is 5.52. The minimum Gasteiger partial charge on any atom is -0.350 e. The summed E-state index contributed by atoms with van der Waals surface area (Å²) in [6.45, 7) is 0.940. The zero-order valence-electron chi connectivity index (χ0n) is 14.5. The lowest BCUT2D eigenvalue weighted by molar-refractivity contribution is -0.120. The van der Waals surface area contributed by atoms with Crippen molar-refractivity contribution < 1.29 is 14.0 Å². The van der Waals surface area contributed by atoms with Crippen LogP contribution in [0, 0.1) is 5.82 Å². The van der Waals surface area contributed by atoms with E-state index in [1.807, 2.05) is 13.2 Å². The fourth-order valence-electron chi connectivity index (χ4n) is 4.15. The van der Waals surface area contributed by atoms with Crippen molar-refractivity contribution in [3.05, 3.63) is 47.8 Å². The standard InChI is InChI=1S/C18H20FN5O2/c1-23-11-12(9-21-23)14-8-16(25)22-18(14)3-6-24(7-4-18)17(26)13-2-5-20-10-15(13)19/h2,5,9-11,14H,3-4,6-8H2,1H3,(H,22,25)/t14-/m0/s1. The van der Waals surface area contributed by atoms with Crippen LogP contribution in [0.1, 0.15) is 41.1 Å². The van der Waals surface area contributed by atoms with Crippen molar-refractivity contribution in [2.75, 3.05) is 13.1 Å². The number of halogens is 1. The van der Waals surface area contributed by atoms with Crippen molar-refractivity contribution >= 4 is 11.8 Å². The summed E-state index contributed by atoms with van der Waals surface area (Å²) >= 11 is 0. The highest BCUT2D eigenvalue weighted by molar-refractivity contribution is 5.94. The maximum Gasteiger partial charge on any atom is 0.256 e. The molecule has 0 radical (unpaired) electrons. The van der Waals surface area contributed by atoms with Gasteiger partial charge in [-0.1, -0.05) is 0 Å². The molecule has 1 atom stereocenters. The molecule has 1 spiro atoms. The normalized spacial score (nSPS) is 21.8. The summed E-state index contributed by atoms with van der Waals surface area (Å²) in [5.74, 6) is -0.875. The topological polar surface area (TPSA) is 80.1 Å². The molecule has 0 unspecified atom stereocenters. The SMILES string of the molecule is Cn1cc([C@@H]2CC(=O)NC23CCN(C(=O)c2ccncc2F)CC3)cn1. The lowest BCUT2D eigenvalue weighted by Gasteiger charge is -2.42. The Morgan fingerprint density at radius 3 is 2.77 bits per heavy atom. The van der Waals surface area contributed by atoms with Gasteiger partial charge in [-0.3, -0.25) is 19.3 Å². The Bertz CT molecular complexity index is 857. The predicted octanol–water partition coefficient (Wildman–Crippen LogP) is 1.23. The first-order valence-electron chi connectivity index (χ1n) is 8.67. The van der Waals surface area contributed by atoms with Crippen molar-refractivity contribution in [1.82, 2.24) is 25.0 Å². The number of hydrogen-bond acceptors (Lipinski definition) is 4. The van der Waals surface area contributed by atoms with Gasteiger partial charge in [-0.05, 0) is 24.5 Å². The molecule has 0 aliphatic carbocycles. The minimum atomic E-state index is -0.611. The molecular weight excluding hydrogens is 337 g/mol. The van der Waals surface area contributed by atoms with Crippen LogP contribution in [0.3, 0.4) is 0 Å². The van der Waals surface area contributed by atoms with Gasteiger partial charge in [0.25, 0.3) is 5.91 Å². The van der Waals surface area contributed by atoms with E-state index in [1.165, 1.54) is 12.3 Å². The molecule has 2 saturated heterocycles. The van der Waals surface area contributed by atoms with Crippen molar-refractivity contribution in [1.29, 1.82) is 0 Å². The molecule has 0 bridgehead atoms. The summed E-state index contributed by atoms with van der Waals surface area (Å²) in [5, 5.41) is 7.36. The van der Waals surface area contributed by atoms with Gasteiger partial charge in [-0.25, -0.2) is 4.39 Å². The second-order valence-corrected chi connectivity index (χ2v) is 7.06. The number of hydrogen-bond donors (Lipinski definition) is 1. The second kappa shape index (κ2) is 6.19. The molecule has 2 aliphatic rings.